The van der Waals surface area contributed by atoms with Crippen LogP contribution >= 0.6 is 0 Å². The lowest BCUT2D eigenvalue weighted by Gasteiger charge is -2.10. The molecule has 0 aliphatic heterocycles. The van der Waals surface area contributed by atoms with Crippen LogP contribution in [-0.4, -0.2) is 30.8 Å². The third-order valence-corrected chi connectivity index (χ3v) is 3.69. The number of amides is 3. The summed E-state index contributed by atoms with van der Waals surface area (Å²) in [5, 5.41) is 11.3. The predicted octanol–water partition coefficient (Wildman–Crippen LogP) is 2.84. The van der Waals surface area contributed by atoms with Gasteiger partial charge < -0.3 is 21.3 Å². The monoisotopic (exact) mass is 368 g/mol. The molecule has 0 aliphatic carbocycles. The van der Waals surface area contributed by atoms with E-state index in [2.05, 4.69) is 21.3 Å². The molecule has 0 aromatic heterocycles. The van der Waals surface area contributed by atoms with Crippen molar-refractivity contribution in [3.8, 4) is 0 Å². The molecule has 27 heavy (non-hydrogen) atoms. The molecule has 2 aromatic rings. The number of hydrogen-bond acceptors (Lipinski definition) is 4. The summed E-state index contributed by atoms with van der Waals surface area (Å²) in [7, 11) is 0. The highest BCUT2D eigenvalue weighted by atomic mass is 16.2. The number of carbonyl (C=O) groups excluding carboxylic acids is 3. The largest absolute Gasteiger partial charge is 0.376 e. The van der Waals surface area contributed by atoms with Crippen molar-refractivity contribution in [1.82, 2.24) is 5.32 Å². The first-order valence-corrected chi connectivity index (χ1v) is 8.83. The van der Waals surface area contributed by atoms with E-state index in [0.29, 0.717) is 29.9 Å². The summed E-state index contributed by atoms with van der Waals surface area (Å²) < 4.78 is 0. The summed E-state index contributed by atoms with van der Waals surface area (Å²) in [4.78, 5) is 35.3. The van der Waals surface area contributed by atoms with Crippen LogP contribution in [0.15, 0.2) is 48.5 Å². The number of benzene rings is 2. The van der Waals surface area contributed by atoms with Crippen LogP contribution in [-0.2, 0) is 9.59 Å². The molecular formula is C20H24N4O3. The van der Waals surface area contributed by atoms with Crippen LogP contribution < -0.4 is 21.3 Å². The Bertz CT molecular complexity index is 803. The molecule has 0 unspecified atom stereocenters. The van der Waals surface area contributed by atoms with E-state index in [1.165, 1.54) is 0 Å². The molecule has 0 atom stereocenters. The Hall–Kier alpha value is -3.35. The summed E-state index contributed by atoms with van der Waals surface area (Å²) in [5.41, 5.74) is 2.55. The fourth-order valence-electron chi connectivity index (χ4n) is 2.31. The van der Waals surface area contributed by atoms with Gasteiger partial charge in [0.25, 0.3) is 5.91 Å². The molecule has 0 radical (unpaired) electrons. The van der Waals surface area contributed by atoms with Crippen LogP contribution in [0.4, 0.5) is 17.1 Å². The van der Waals surface area contributed by atoms with E-state index in [1.807, 2.05) is 13.0 Å². The van der Waals surface area contributed by atoms with Gasteiger partial charge in [0.15, 0.2) is 0 Å². The van der Waals surface area contributed by atoms with E-state index >= 15 is 0 Å². The highest BCUT2D eigenvalue weighted by Crippen LogP contribution is 2.15. The smallest absolute Gasteiger partial charge is 0.251 e. The van der Waals surface area contributed by atoms with Crippen LogP contribution in [0.2, 0.25) is 0 Å². The number of rotatable bonds is 8. The number of carbonyl (C=O) groups is 3. The molecule has 0 saturated carbocycles. The van der Waals surface area contributed by atoms with Gasteiger partial charge in [0, 0.05) is 35.6 Å². The van der Waals surface area contributed by atoms with E-state index < -0.39 is 0 Å². The SMILES string of the molecule is CCNC(=O)c1ccc(NC(=O)CNc2cccc(NC(=O)CC)c2)cc1. The lowest BCUT2D eigenvalue weighted by molar-refractivity contribution is -0.116. The quantitative estimate of drug-likeness (QED) is 0.576. The Morgan fingerprint density at radius 3 is 2.15 bits per heavy atom. The lowest BCUT2D eigenvalue weighted by atomic mass is 10.2. The van der Waals surface area contributed by atoms with Crippen LogP contribution in [0, 0.1) is 0 Å². The first-order valence-electron chi connectivity index (χ1n) is 8.83. The number of anilines is 3. The fraction of sp³-hybridized carbons (Fsp3) is 0.250. The molecule has 0 saturated heterocycles. The van der Waals surface area contributed by atoms with Gasteiger partial charge in [-0.2, -0.15) is 0 Å². The van der Waals surface area contributed by atoms with Crippen LogP contribution in [0.5, 0.6) is 0 Å². The minimum atomic E-state index is -0.219. The van der Waals surface area contributed by atoms with Crippen molar-refractivity contribution in [3.05, 3.63) is 54.1 Å². The third-order valence-electron chi connectivity index (χ3n) is 3.69. The van der Waals surface area contributed by atoms with Gasteiger partial charge in [-0.3, -0.25) is 14.4 Å². The Labute approximate surface area is 158 Å². The molecule has 0 spiro atoms. The van der Waals surface area contributed by atoms with Crippen LogP contribution in [0.1, 0.15) is 30.6 Å². The standard InChI is InChI=1S/C20H24N4O3/c1-3-18(25)24-17-7-5-6-16(12-17)22-13-19(26)23-15-10-8-14(9-11-15)20(27)21-4-2/h5-12,22H,3-4,13H2,1-2H3,(H,21,27)(H,23,26)(H,24,25). The van der Waals surface area contributed by atoms with Crippen LogP contribution in [0.3, 0.4) is 0 Å². The third kappa shape index (κ3) is 6.47. The van der Waals surface area contributed by atoms with Gasteiger partial charge >= 0.3 is 0 Å². The summed E-state index contributed by atoms with van der Waals surface area (Å²) in [6.07, 6.45) is 0.402. The van der Waals surface area contributed by atoms with E-state index in [9.17, 15) is 14.4 Å². The molecule has 0 fully saturated rings. The number of hydrogen-bond donors (Lipinski definition) is 4. The molecular weight excluding hydrogens is 344 g/mol. The second-order valence-electron chi connectivity index (χ2n) is 5.82. The van der Waals surface area contributed by atoms with E-state index in [0.717, 1.165) is 5.69 Å². The molecule has 4 N–H and O–H groups in total. The van der Waals surface area contributed by atoms with Crippen molar-refractivity contribution < 1.29 is 14.4 Å². The van der Waals surface area contributed by atoms with E-state index in [-0.39, 0.29) is 24.3 Å². The average molecular weight is 368 g/mol. The van der Waals surface area contributed by atoms with Crippen molar-refractivity contribution in [2.24, 2.45) is 0 Å². The van der Waals surface area contributed by atoms with E-state index in [4.69, 9.17) is 0 Å². The van der Waals surface area contributed by atoms with Crippen LogP contribution in [0.25, 0.3) is 0 Å². The maximum atomic E-state index is 12.1. The minimum Gasteiger partial charge on any atom is -0.376 e. The van der Waals surface area contributed by atoms with Crippen molar-refractivity contribution in [1.29, 1.82) is 0 Å². The Kier molecular flexibility index (Phi) is 7.37. The van der Waals surface area contributed by atoms with Crippen molar-refractivity contribution in [2.75, 3.05) is 29.0 Å². The lowest BCUT2D eigenvalue weighted by Crippen LogP contribution is -2.23. The molecule has 7 heteroatoms. The summed E-state index contributed by atoms with van der Waals surface area (Å²) in [6.45, 7) is 4.27. The number of nitrogens with one attached hydrogen (secondary N) is 4. The second kappa shape index (κ2) is 9.96. The summed E-state index contributed by atoms with van der Waals surface area (Å²) in [5.74, 6) is -0.434. The molecule has 0 bridgehead atoms. The zero-order valence-electron chi connectivity index (χ0n) is 15.5. The predicted molar refractivity (Wildman–Crippen MR) is 107 cm³/mol. The molecule has 0 heterocycles. The molecule has 3 amide bonds. The minimum absolute atomic E-state index is 0.0686. The highest BCUT2D eigenvalue weighted by Gasteiger charge is 2.06. The molecule has 7 nitrogen and oxygen atoms in total. The van der Waals surface area contributed by atoms with Gasteiger partial charge in [-0.15, -0.1) is 0 Å². The zero-order chi connectivity index (χ0) is 19.6. The maximum Gasteiger partial charge on any atom is 0.251 e. The Morgan fingerprint density at radius 2 is 1.48 bits per heavy atom. The highest BCUT2D eigenvalue weighted by molar-refractivity contribution is 5.96. The topological polar surface area (TPSA) is 99.3 Å². The van der Waals surface area contributed by atoms with Gasteiger partial charge in [-0.1, -0.05) is 13.0 Å². The van der Waals surface area contributed by atoms with E-state index in [1.54, 1.807) is 49.4 Å². The van der Waals surface area contributed by atoms with Gasteiger partial charge in [0.2, 0.25) is 11.8 Å². The molecule has 142 valence electrons. The van der Waals surface area contributed by atoms with Crippen molar-refractivity contribution in [2.45, 2.75) is 20.3 Å². The maximum absolute atomic E-state index is 12.1. The molecule has 2 aromatic carbocycles. The van der Waals surface area contributed by atoms with Crippen molar-refractivity contribution >= 4 is 34.8 Å². The summed E-state index contributed by atoms with van der Waals surface area (Å²) in [6, 6.07) is 13.9. The van der Waals surface area contributed by atoms with Crippen molar-refractivity contribution in [3.63, 3.8) is 0 Å². The Balaban J connectivity index is 1.86. The van der Waals surface area contributed by atoms with Gasteiger partial charge in [0.1, 0.15) is 0 Å². The normalized spacial score (nSPS) is 10.0. The average Bonchev–Trinajstić information content (AvgIpc) is 2.67. The second-order valence-corrected chi connectivity index (χ2v) is 5.82. The summed E-state index contributed by atoms with van der Waals surface area (Å²) >= 11 is 0. The Morgan fingerprint density at radius 1 is 0.815 bits per heavy atom. The van der Waals surface area contributed by atoms with Gasteiger partial charge in [-0.25, -0.2) is 0 Å². The first kappa shape index (κ1) is 20.0. The molecule has 2 rings (SSSR count). The van der Waals surface area contributed by atoms with Gasteiger partial charge in [0.05, 0.1) is 6.54 Å². The molecule has 0 aliphatic rings. The van der Waals surface area contributed by atoms with Gasteiger partial charge in [-0.05, 0) is 49.4 Å². The first-order chi connectivity index (χ1) is 13.0. The zero-order valence-corrected chi connectivity index (χ0v) is 15.5. The fourth-order valence-corrected chi connectivity index (χ4v) is 2.31.